The van der Waals surface area contributed by atoms with Gasteiger partial charge in [0.15, 0.2) is 0 Å². The van der Waals surface area contributed by atoms with Crippen LogP contribution >= 0.6 is 23.1 Å². The first kappa shape index (κ1) is 20.4. The molecule has 0 atom stereocenters. The zero-order chi connectivity index (χ0) is 20.1. The predicted molar refractivity (Wildman–Crippen MR) is 116 cm³/mol. The molecule has 0 aliphatic heterocycles. The minimum atomic E-state index is -0.0772. The number of fused-ring (bicyclic) bond motifs is 1. The number of carbonyl (C=O) groups is 2. The molecule has 1 N–H and O–H groups in total. The summed E-state index contributed by atoms with van der Waals surface area (Å²) in [5.74, 6) is 0.168. The van der Waals surface area contributed by atoms with Crippen LogP contribution in [0.15, 0.2) is 53.4 Å². The standard InChI is InChI=1S/C21H23N3O2S2/c1-14(2)22-19(25)13-27-17-10-6-4-8-15(17)21(26)24(3)12-20-23-16-9-5-7-11-18(16)28-20/h4-11,14H,12-13H2,1-3H3,(H,22,25). The van der Waals surface area contributed by atoms with Crippen molar-refractivity contribution in [3.05, 3.63) is 59.1 Å². The fourth-order valence-electron chi connectivity index (χ4n) is 2.74. The monoisotopic (exact) mass is 413 g/mol. The molecule has 0 saturated heterocycles. The average Bonchev–Trinajstić information content (AvgIpc) is 3.07. The van der Waals surface area contributed by atoms with Crippen LogP contribution in [0, 0.1) is 0 Å². The fourth-order valence-corrected chi connectivity index (χ4v) is 4.62. The Morgan fingerprint density at radius 1 is 1.14 bits per heavy atom. The van der Waals surface area contributed by atoms with Crippen molar-refractivity contribution in [2.75, 3.05) is 12.8 Å². The van der Waals surface area contributed by atoms with Crippen LogP contribution in [-0.2, 0) is 11.3 Å². The van der Waals surface area contributed by atoms with E-state index in [1.807, 2.05) is 56.3 Å². The number of amides is 2. The maximum atomic E-state index is 13.0. The van der Waals surface area contributed by atoms with E-state index in [0.29, 0.717) is 12.1 Å². The van der Waals surface area contributed by atoms with E-state index in [1.54, 1.807) is 29.4 Å². The summed E-state index contributed by atoms with van der Waals surface area (Å²) in [6.45, 7) is 4.30. The third-order valence-corrected chi connectivity index (χ3v) is 6.08. The van der Waals surface area contributed by atoms with Crippen molar-refractivity contribution in [2.45, 2.75) is 31.3 Å². The molecule has 2 aromatic carbocycles. The highest BCUT2D eigenvalue weighted by Gasteiger charge is 2.18. The van der Waals surface area contributed by atoms with Crippen LogP contribution in [0.4, 0.5) is 0 Å². The second-order valence-electron chi connectivity index (χ2n) is 6.74. The van der Waals surface area contributed by atoms with E-state index in [4.69, 9.17) is 0 Å². The van der Waals surface area contributed by atoms with Gasteiger partial charge in [0.1, 0.15) is 5.01 Å². The van der Waals surface area contributed by atoms with Crippen molar-refractivity contribution in [3.8, 4) is 0 Å². The minimum Gasteiger partial charge on any atom is -0.353 e. The van der Waals surface area contributed by atoms with E-state index in [-0.39, 0.29) is 23.6 Å². The van der Waals surface area contributed by atoms with Gasteiger partial charge >= 0.3 is 0 Å². The molecule has 0 aliphatic rings. The van der Waals surface area contributed by atoms with Crippen LogP contribution in [0.25, 0.3) is 10.2 Å². The maximum Gasteiger partial charge on any atom is 0.255 e. The van der Waals surface area contributed by atoms with Crippen molar-refractivity contribution in [3.63, 3.8) is 0 Å². The topological polar surface area (TPSA) is 62.3 Å². The lowest BCUT2D eigenvalue weighted by atomic mass is 10.2. The molecule has 1 heterocycles. The molecule has 0 unspecified atom stereocenters. The fraction of sp³-hybridized carbons (Fsp3) is 0.286. The molecule has 0 radical (unpaired) electrons. The maximum absolute atomic E-state index is 13.0. The number of aromatic nitrogens is 1. The van der Waals surface area contributed by atoms with Gasteiger partial charge in [0.05, 0.1) is 28.1 Å². The van der Waals surface area contributed by atoms with E-state index in [1.165, 1.54) is 11.8 Å². The molecular formula is C21H23N3O2S2. The molecule has 3 rings (SSSR count). The zero-order valence-electron chi connectivity index (χ0n) is 16.1. The number of nitrogens with one attached hydrogen (secondary N) is 1. The van der Waals surface area contributed by atoms with Crippen LogP contribution < -0.4 is 5.32 Å². The molecule has 5 nitrogen and oxygen atoms in total. The summed E-state index contributed by atoms with van der Waals surface area (Å²) in [5.41, 5.74) is 1.56. The quantitative estimate of drug-likeness (QED) is 0.590. The van der Waals surface area contributed by atoms with Gasteiger partial charge in [-0.15, -0.1) is 23.1 Å². The van der Waals surface area contributed by atoms with Crippen LogP contribution in [0.3, 0.4) is 0 Å². The van der Waals surface area contributed by atoms with Crippen molar-refractivity contribution >= 4 is 45.1 Å². The Hall–Kier alpha value is -2.38. The number of nitrogens with zero attached hydrogens (tertiary/aromatic N) is 2. The summed E-state index contributed by atoms with van der Waals surface area (Å²) in [4.78, 5) is 32.0. The van der Waals surface area contributed by atoms with Crippen LogP contribution in [0.2, 0.25) is 0 Å². The number of rotatable bonds is 7. The third-order valence-electron chi connectivity index (χ3n) is 3.98. The largest absolute Gasteiger partial charge is 0.353 e. The highest BCUT2D eigenvalue weighted by atomic mass is 32.2. The molecule has 7 heteroatoms. The molecule has 0 fully saturated rings. The Bertz CT molecular complexity index is 951. The molecule has 0 bridgehead atoms. The van der Waals surface area contributed by atoms with Crippen molar-refractivity contribution < 1.29 is 9.59 Å². The summed E-state index contributed by atoms with van der Waals surface area (Å²) in [6.07, 6.45) is 0. The molecule has 28 heavy (non-hydrogen) atoms. The second kappa shape index (κ2) is 9.21. The Balaban J connectivity index is 1.70. The van der Waals surface area contributed by atoms with Crippen molar-refractivity contribution in [1.82, 2.24) is 15.2 Å². The number of benzene rings is 2. The predicted octanol–water partition coefficient (Wildman–Crippen LogP) is 4.19. The first-order chi connectivity index (χ1) is 13.4. The number of hydrogen-bond donors (Lipinski definition) is 1. The Morgan fingerprint density at radius 3 is 2.61 bits per heavy atom. The summed E-state index contributed by atoms with van der Waals surface area (Å²) in [5, 5.41) is 3.77. The lowest BCUT2D eigenvalue weighted by Crippen LogP contribution is -2.31. The molecule has 2 amide bonds. The van der Waals surface area contributed by atoms with Gasteiger partial charge in [-0.05, 0) is 38.1 Å². The van der Waals surface area contributed by atoms with Gasteiger partial charge in [-0.25, -0.2) is 4.98 Å². The van der Waals surface area contributed by atoms with Crippen LogP contribution in [-0.4, -0.2) is 40.5 Å². The van der Waals surface area contributed by atoms with Crippen LogP contribution in [0.5, 0.6) is 0 Å². The van der Waals surface area contributed by atoms with E-state index in [0.717, 1.165) is 20.1 Å². The smallest absolute Gasteiger partial charge is 0.255 e. The molecule has 0 spiro atoms. The first-order valence-electron chi connectivity index (χ1n) is 9.05. The number of thiazole rings is 1. The van der Waals surface area contributed by atoms with Crippen molar-refractivity contribution in [1.29, 1.82) is 0 Å². The van der Waals surface area contributed by atoms with E-state index in [2.05, 4.69) is 10.3 Å². The number of carbonyl (C=O) groups excluding carboxylic acids is 2. The SMILES string of the molecule is CC(C)NC(=O)CSc1ccccc1C(=O)N(C)Cc1nc2ccccc2s1. The summed E-state index contributed by atoms with van der Waals surface area (Å²) >= 11 is 2.98. The molecule has 1 aromatic heterocycles. The summed E-state index contributed by atoms with van der Waals surface area (Å²) in [7, 11) is 1.78. The highest BCUT2D eigenvalue weighted by Crippen LogP contribution is 2.26. The molecule has 3 aromatic rings. The van der Waals surface area contributed by atoms with Gasteiger partial charge in [-0.2, -0.15) is 0 Å². The van der Waals surface area contributed by atoms with E-state index in [9.17, 15) is 9.59 Å². The lowest BCUT2D eigenvalue weighted by Gasteiger charge is -2.18. The zero-order valence-corrected chi connectivity index (χ0v) is 17.8. The Labute approximate surface area is 173 Å². The van der Waals surface area contributed by atoms with Gasteiger partial charge in [0, 0.05) is 18.0 Å². The van der Waals surface area contributed by atoms with Crippen molar-refractivity contribution in [2.24, 2.45) is 0 Å². The van der Waals surface area contributed by atoms with E-state index < -0.39 is 0 Å². The number of thioether (sulfide) groups is 1. The first-order valence-corrected chi connectivity index (χ1v) is 10.9. The minimum absolute atomic E-state index is 0.0370. The number of para-hydroxylation sites is 1. The molecule has 0 aliphatic carbocycles. The van der Waals surface area contributed by atoms with Gasteiger partial charge < -0.3 is 10.2 Å². The molecule has 146 valence electrons. The second-order valence-corrected chi connectivity index (χ2v) is 8.88. The summed E-state index contributed by atoms with van der Waals surface area (Å²) < 4.78 is 1.12. The normalized spacial score (nSPS) is 11.0. The lowest BCUT2D eigenvalue weighted by molar-refractivity contribution is -0.119. The van der Waals surface area contributed by atoms with Gasteiger partial charge in [-0.1, -0.05) is 24.3 Å². The molecule has 0 saturated carbocycles. The third kappa shape index (κ3) is 5.11. The van der Waals surface area contributed by atoms with Gasteiger partial charge in [0.25, 0.3) is 5.91 Å². The summed E-state index contributed by atoms with van der Waals surface area (Å²) in [6, 6.07) is 15.5. The van der Waals surface area contributed by atoms with Crippen LogP contribution in [0.1, 0.15) is 29.2 Å². The Morgan fingerprint density at radius 2 is 1.86 bits per heavy atom. The Kier molecular flexibility index (Phi) is 6.70. The van der Waals surface area contributed by atoms with E-state index >= 15 is 0 Å². The molecular weight excluding hydrogens is 390 g/mol. The average molecular weight is 414 g/mol. The number of hydrogen-bond acceptors (Lipinski definition) is 5. The van der Waals surface area contributed by atoms with Gasteiger partial charge in [-0.3, -0.25) is 9.59 Å². The van der Waals surface area contributed by atoms with Gasteiger partial charge in [0.2, 0.25) is 5.91 Å². The highest BCUT2D eigenvalue weighted by molar-refractivity contribution is 8.00.